The zero-order chi connectivity index (χ0) is 20.5. The van der Waals surface area contributed by atoms with E-state index in [0.717, 1.165) is 60.5 Å². The molecule has 4 aromatic rings. The molecular formula is C23H24N6O. The predicted octanol–water partition coefficient (Wildman–Crippen LogP) is 4.15. The Morgan fingerprint density at radius 1 is 1.03 bits per heavy atom. The third kappa shape index (κ3) is 3.75. The zero-order valence-electron chi connectivity index (χ0n) is 17.2. The summed E-state index contributed by atoms with van der Waals surface area (Å²) in [6.07, 6.45) is 6.71. The molecule has 1 aliphatic heterocycles. The molecule has 0 bridgehead atoms. The first-order chi connectivity index (χ1) is 14.7. The van der Waals surface area contributed by atoms with Crippen LogP contribution in [0.2, 0.25) is 0 Å². The van der Waals surface area contributed by atoms with Crippen LogP contribution in [0.25, 0.3) is 22.4 Å². The first-order valence-electron chi connectivity index (χ1n) is 10.4. The van der Waals surface area contributed by atoms with Gasteiger partial charge in [-0.25, -0.2) is 15.0 Å². The Morgan fingerprint density at radius 2 is 1.83 bits per heavy atom. The summed E-state index contributed by atoms with van der Waals surface area (Å²) in [5.41, 5.74) is 3.09. The van der Waals surface area contributed by atoms with Crippen molar-refractivity contribution in [2.75, 3.05) is 18.0 Å². The minimum Gasteiger partial charge on any atom is -0.356 e. The van der Waals surface area contributed by atoms with Crippen molar-refractivity contribution >= 4 is 16.7 Å². The second-order valence-electron chi connectivity index (χ2n) is 8.00. The van der Waals surface area contributed by atoms with Crippen LogP contribution in [0.4, 0.5) is 5.82 Å². The topological polar surface area (TPSA) is 80.8 Å². The van der Waals surface area contributed by atoms with Crippen molar-refractivity contribution in [3.8, 4) is 11.5 Å². The van der Waals surface area contributed by atoms with Crippen LogP contribution in [0.3, 0.4) is 0 Å². The van der Waals surface area contributed by atoms with Gasteiger partial charge in [-0.05, 0) is 56.9 Å². The number of benzene rings is 1. The molecule has 1 aromatic carbocycles. The van der Waals surface area contributed by atoms with Gasteiger partial charge in [0.05, 0.1) is 11.1 Å². The van der Waals surface area contributed by atoms with Gasteiger partial charge in [-0.1, -0.05) is 16.8 Å². The van der Waals surface area contributed by atoms with Gasteiger partial charge >= 0.3 is 0 Å². The minimum absolute atomic E-state index is 0.526. The van der Waals surface area contributed by atoms with Gasteiger partial charge in [-0.15, -0.1) is 0 Å². The molecule has 7 heteroatoms. The molecule has 3 aromatic heterocycles. The Morgan fingerprint density at radius 3 is 2.57 bits per heavy atom. The lowest BCUT2D eigenvalue weighted by atomic mass is 9.93. The average molecular weight is 400 g/mol. The van der Waals surface area contributed by atoms with Crippen LogP contribution in [0.15, 0.2) is 47.2 Å². The Hall–Kier alpha value is -3.35. The van der Waals surface area contributed by atoms with E-state index in [0.29, 0.717) is 17.6 Å². The molecule has 0 radical (unpaired) electrons. The Bertz CT molecular complexity index is 1170. The molecule has 1 fully saturated rings. The van der Waals surface area contributed by atoms with Crippen LogP contribution in [0, 0.1) is 19.8 Å². The summed E-state index contributed by atoms with van der Waals surface area (Å²) in [6.45, 7) is 5.79. The molecule has 7 nitrogen and oxygen atoms in total. The monoisotopic (exact) mass is 400 g/mol. The van der Waals surface area contributed by atoms with Gasteiger partial charge in [0.15, 0.2) is 5.82 Å². The van der Waals surface area contributed by atoms with E-state index in [9.17, 15) is 0 Å². The zero-order valence-corrected chi connectivity index (χ0v) is 17.2. The third-order valence-corrected chi connectivity index (χ3v) is 5.71. The number of piperidine rings is 1. The number of nitrogens with zero attached hydrogens (tertiary/aromatic N) is 6. The fourth-order valence-electron chi connectivity index (χ4n) is 4.13. The largest absolute Gasteiger partial charge is 0.356 e. The summed E-state index contributed by atoms with van der Waals surface area (Å²) >= 11 is 0. The molecule has 0 unspecified atom stereocenters. The lowest BCUT2D eigenvalue weighted by Crippen LogP contribution is -2.35. The standard InChI is InChI=1S/C23H24N6O/c1-15-4-5-20-18(12-15)14-19(23-26-16(2)28-30-23)22(27-20)29-10-6-17(7-11-29)13-21-24-8-3-9-25-21/h3-5,8-9,12,14,17H,6-7,10-11,13H2,1-2H3. The second-order valence-corrected chi connectivity index (χ2v) is 8.00. The lowest BCUT2D eigenvalue weighted by Gasteiger charge is -2.33. The number of hydrogen-bond donors (Lipinski definition) is 0. The van der Waals surface area contributed by atoms with Crippen LogP contribution in [-0.4, -0.2) is 38.2 Å². The Labute approximate surface area is 175 Å². The molecule has 4 heterocycles. The molecule has 1 saturated heterocycles. The van der Waals surface area contributed by atoms with Crippen molar-refractivity contribution < 1.29 is 4.52 Å². The highest BCUT2D eigenvalue weighted by molar-refractivity contribution is 5.88. The number of hydrogen-bond acceptors (Lipinski definition) is 7. The van der Waals surface area contributed by atoms with Crippen LogP contribution in [-0.2, 0) is 6.42 Å². The third-order valence-electron chi connectivity index (χ3n) is 5.71. The molecule has 0 saturated carbocycles. The maximum Gasteiger partial charge on any atom is 0.261 e. The van der Waals surface area contributed by atoms with Crippen molar-refractivity contribution in [2.45, 2.75) is 33.1 Å². The summed E-state index contributed by atoms with van der Waals surface area (Å²) in [7, 11) is 0. The SMILES string of the molecule is Cc1ccc2nc(N3CCC(Cc4ncccn4)CC3)c(-c3nc(C)no3)cc2c1. The summed E-state index contributed by atoms with van der Waals surface area (Å²) in [5.74, 6) is 3.59. The molecule has 0 atom stereocenters. The molecule has 5 rings (SSSR count). The first-order valence-corrected chi connectivity index (χ1v) is 10.4. The van der Waals surface area contributed by atoms with E-state index in [1.54, 1.807) is 0 Å². The Balaban J connectivity index is 1.44. The molecule has 0 N–H and O–H groups in total. The smallest absolute Gasteiger partial charge is 0.261 e. The summed E-state index contributed by atoms with van der Waals surface area (Å²) < 4.78 is 5.52. The quantitative estimate of drug-likeness (QED) is 0.509. The molecule has 0 amide bonds. The first kappa shape index (κ1) is 18.7. The molecule has 1 aliphatic rings. The van der Waals surface area contributed by atoms with E-state index >= 15 is 0 Å². The van der Waals surface area contributed by atoms with E-state index < -0.39 is 0 Å². The minimum atomic E-state index is 0.526. The van der Waals surface area contributed by atoms with Crippen LogP contribution in [0.5, 0.6) is 0 Å². The van der Waals surface area contributed by atoms with Crippen molar-refractivity contribution in [3.05, 3.63) is 59.9 Å². The van der Waals surface area contributed by atoms with Gasteiger partial charge < -0.3 is 9.42 Å². The predicted molar refractivity (Wildman–Crippen MR) is 115 cm³/mol. The van der Waals surface area contributed by atoms with Gasteiger partial charge in [0.2, 0.25) is 0 Å². The maximum atomic E-state index is 5.52. The van der Waals surface area contributed by atoms with Crippen LogP contribution < -0.4 is 4.90 Å². The van der Waals surface area contributed by atoms with Crippen LogP contribution in [0.1, 0.15) is 30.1 Å². The van der Waals surface area contributed by atoms with E-state index in [1.807, 2.05) is 25.4 Å². The second kappa shape index (κ2) is 7.82. The average Bonchev–Trinajstić information content (AvgIpc) is 3.20. The highest BCUT2D eigenvalue weighted by atomic mass is 16.5. The summed E-state index contributed by atoms with van der Waals surface area (Å²) in [6, 6.07) is 10.3. The van der Waals surface area contributed by atoms with Gasteiger partial charge in [0.1, 0.15) is 11.6 Å². The fraction of sp³-hybridized carbons (Fsp3) is 0.348. The van der Waals surface area contributed by atoms with E-state index in [2.05, 4.69) is 56.2 Å². The van der Waals surface area contributed by atoms with E-state index in [1.165, 1.54) is 5.56 Å². The van der Waals surface area contributed by atoms with Gasteiger partial charge in [0, 0.05) is 37.3 Å². The fourth-order valence-corrected chi connectivity index (χ4v) is 4.13. The number of pyridine rings is 1. The van der Waals surface area contributed by atoms with E-state index in [-0.39, 0.29) is 0 Å². The highest BCUT2D eigenvalue weighted by Crippen LogP contribution is 2.34. The summed E-state index contributed by atoms with van der Waals surface area (Å²) in [4.78, 5) is 20.6. The number of anilines is 1. The summed E-state index contributed by atoms with van der Waals surface area (Å²) in [5, 5.41) is 5.07. The van der Waals surface area contributed by atoms with Gasteiger partial charge in [0.25, 0.3) is 5.89 Å². The molecule has 0 spiro atoms. The van der Waals surface area contributed by atoms with Crippen molar-refractivity contribution in [3.63, 3.8) is 0 Å². The van der Waals surface area contributed by atoms with Crippen molar-refractivity contribution in [2.24, 2.45) is 5.92 Å². The van der Waals surface area contributed by atoms with E-state index in [4.69, 9.17) is 9.51 Å². The highest BCUT2D eigenvalue weighted by Gasteiger charge is 2.25. The van der Waals surface area contributed by atoms with Gasteiger partial charge in [-0.3, -0.25) is 0 Å². The number of aromatic nitrogens is 5. The molecular weight excluding hydrogens is 376 g/mol. The Kier molecular flexibility index (Phi) is 4.86. The van der Waals surface area contributed by atoms with Crippen LogP contribution >= 0.6 is 0 Å². The number of fused-ring (bicyclic) bond motifs is 1. The maximum absolute atomic E-state index is 5.52. The normalized spacial score (nSPS) is 15.1. The molecule has 152 valence electrons. The number of rotatable bonds is 4. The van der Waals surface area contributed by atoms with Crippen molar-refractivity contribution in [1.82, 2.24) is 25.1 Å². The van der Waals surface area contributed by atoms with Crippen molar-refractivity contribution in [1.29, 1.82) is 0 Å². The van der Waals surface area contributed by atoms with Gasteiger partial charge in [-0.2, -0.15) is 4.98 Å². The number of aryl methyl sites for hydroxylation is 2. The molecule has 0 aliphatic carbocycles. The molecule has 30 heavy (non-hydrogen) atoms. The lowest BCUT2D eigenvalue weighted by molar-refractivity contribution is 0.395.